The molecule has 1 aliphatic heterocycles. The van der Waals surface area contributed by atoms with Gasteiger partial charge in [-0.1, -0.05) is 39.0 Å². The van der Waals surface area contributed by atoms with Crippen LogP contribution in [0.2, 0.25) is 0 Å². The van der Waals surface area contributed by atoms with E-state index >= 15 is 0 Å². The zero-order valence-electron chi connectivity index (χ0n) is 13.1. The van der Waals surface area contributed by atoms with Gasteiger partial charge in [0.15, 0.2) is 5.76 Å². The molecule has 1 unspecified atom stereocenters. The maximum atomic E-state index is 12.4. The summed E-state index contributed by atoms with van der Waals surface area (Å²) in [5, 5.41) is 0.995. The fourth-order valence-electron chi connectivity index (χ4n) is 3.08. The zero-order chi connectivity index (χ0) is 15.0. The van der Waals surface area contributed by atoms with Gasteiger partial charge in [0.2, 0.25) is 5.78 Å². The molecule has 1 atom stereocenters. The molecule has 1 aromatic carbocycles. The van der Waals surface area contributed by atoms with Crippen molar-refractivity contribution in [3.8, 4) is 0 Å². The second-order valence-corrected chi connectivity index (χ2v) is 7.16. The molecule has 0 aliphatic carbocycles. The Morgan fingerprint density at radius 1 is 1.33 bits per heavy atom. The van der Waals surface area contributed by atoms with Gasteiger partial charge in [-0.25, -0.2) is 0 Å². The quantitative estimate of drug-likeness (QED) is 0.800. The number of hydrogen-bond acceptors (Lipinski definition) is 3. The lowest BCUT2D eigenvalue weighted by Crippen LogP contribution is -2.30. The number of ketones is 1. The Morgan fingerprint density at radius 2 is 2.10 bits per heavy atom. The van der Waals surface area contributed by atoms with Gasteiger partial charge in [0.25, 0.3) is 0 Å². The standard InChI is InChI=1S/C18H23NO2/c1-18(2,3)14-8-9-19(11-14)12-15(20)17-10-13-6-4-5-7-16(13)21-17/h4-7,10,14H,8-9,11-12H2,1-3H3. The number of hydrogen-bond donors (Lipinski definition) is 0. The van der Waals surface area contributed by atoms with Gasteiger partial charge in [-0.05, 0) is 36.4 Å². The van der Waals surface area contributed by atoms with E-state index in [1.807, 2.05) is 30.3 Å². The van der Waals surface area contributed by atoms with Crippen LogP contribution in [0.25, 0.3) is 11.0 Å². The fourth-order valence-corrected chi connectivity index (χ4v) is 3.08. The van der Waals surface area contributed by atoms with E-state index in [0.29, 0.717) is 23.6 Å². The topological polar surface area (TPSA) is 33.5 Å². The highest BCUT2D eigenvalue weighted by Gasteiger charge is 2.32. The van der Waals surface area contributed by atoms with E-state index in [-0.39, 0.29) is 5.78 Å². The summed E-state index contributed by atoms with van der Waals surface area (Å²) in [5.74, 6) is 1.23. The van der Waals surface area contributed by atoms with Crippen LogP contribution in [0.1, 0.15) is 37.7 Å². The van der Waals surface area contributed by atoms with Gasteiger partial charge in [0, 0.05) is 11.9 Å². The minimum absolute atomic E-state index is 0.0840. The van der Waals surface area contributed by atoms with Crippen LogP contribution < -0.4 is 0 Å². The molecule has 0 amide bonds. The van der Waals surface area contributed by atoms with Crippen LogP contribution in [0.3, 0.4) is 0 Å². The van der Waals surface area contributed by atoms with Crippen molar-refractivity contribution >= 4 is 16.8 Å². The van der Waals surface area contributed by atoms with Crippen molar-refractivity contribution in [3.05, 3.63) is 36.1 Å². The number of carbonyl (C=O) groups is 1. The normalized spacial score (nSPS) is 20.2. The Balaban J connectivity index is 1.67. The van der Waals surface area contributed by atoms with Crippen LogP contribution in [0.5, 0.6) is 0 Å². The maximum Gasteiger partial charge on any atom is 0.211 e. The van der Waals surface area contributed by atoms with E-state index in [1.54, 1.807) is 0 Å². The third-order valence-corrected chi connectivity index (χ3v) is 4.56. The number of benzene rings is 1. The molecule has 2 heterocycles. The van der Waals surface area contributed by atoms with E-state index in [9.17, 15) is 4.79 Å². The van der Waals surface area contributed by atoms with Crippen molar-refractivity contribution in [2.45, 2.75) is 27.2 Å². The number of Topliss-reactive ketones (excluding diaryl/α,β-unsaturated/α-hetero) is 1. The highest BCUT2D eigenvalue weighted by Crippen LogP contribution is 2.33. The van der Waals surface area contributed by atoms with Gasteiger partial charge in [-0.2, -0.15) is 0 Å². The molecular weight excluding hydrogens is 262 g/mol. The number of furan rings is 1. The van der Waals surface area contributed by atoms with Crippen LogP contribution >= 0.6 is 0 Å². The number of nitrogens with zero attached hydrogens (tertiary/aromatic N) is 1. The van der Waals surface area contributed by atoms with E-state index in [2.05, 4.69) is 25.7 Å². The summed E-state index contributed by atoms with van der Waals surface area (Å²) < 4.78 is 5.66. The predicted molar refractivity (Wildman–Crippen MR) is 84.5 cm³/mol. The van der Waals surface area contributed by atoms with Crippen LogP contribution in [-0.2, 0) is 0 Å². The summed E-state index contributed by atoms with van der Waals surface area (Å²) in [4.78, 5) is 14.6. The lowest BCUT2D eigenvalue weighted by atomic mass is 9.80. The molecule has 0 saturated carbocycles. The molecule has 3 nitrogen and oxygen atoms in total. The predicted octanol–water partition coefficient (Wildman–Crippen LogP) is 3.98. The second-order valence-electron chi connectivity index (χ2n) is 7.16. The molecule has 0 radical (unpaired) electrons. The summed E-state index contributed by atoms with van der Waals surface area (Å²) in [6.45, 7) is 9.32. The zero-order valence-corrected chi connectivity index (χ0v) is 13.1. The molecule has 1 aliphatic rings. The molecule has 0 spiro atoms. The first-order chi connectivity index (χ1) is 9.93. The molecule has 1 saturated heterocycles. The van der Waals surface area contributed by atoms with Crippen LogP contribution in [0.15, 0.2) is 34.7 Å². The Hall–Kier alpha value is -1.61. The molecule has 1 aromatic heterocycles. The molecule has 0 bridgehead atoms. The minimum Gasteiger partial charge on any atom is -0.453 e. The molecule has 2 aromatic rings. The average molecular weight is 285 g/mol. The van der Waals surface area contributed by atoms with Crippen molar-refractivity contribution in [3.63, 3.8) is 0 Å². The third kappa shape index (κ3) is 3.03. The number of carbonyl (C=O) groups excluding carboxylic acids is 1. The van der Waals surface area contributed by atoms with E-state index in [0.717, 1.165) is 24.1 Å². The van der Waals surface area contributed by atoms with Gasteiger partial charge < -0.3 is 4.42 Å². The summed E-state index contributed by atoms with van der Waals surface area (Å²) in [7, 11) is 0. The first kappa shape index (κ1) is 14.3. The van der Waals surface area contributed by atoms with Gasteiger partial charge in [-0.15, -0.1) is 0 Å². The first-order valence-electron chi connectivity index (χ1n) is 7.67. The van der Waals surface area contributed by atoms with Gasteiger partial charge in [-0.3, -0.25) is 9.69 Å². The summed E-state index contributed by atoms with van der Waals surface area (Å²) in [6, 6.07) is 9.61. The van der Waals surface area contributed by atoms with Crippen molar-refractivity contribution in [2.24, 2.45) is 11.3 Å². The molecule has 0 N–H and O–H groups in total. The summed E-state index contributed by atoms with van der Waals surface area (Å²) in [5.41, 5.74) is 1.10. The Kier molecular flexibility index (Phi) is 3.62. The minimum atomic E-state index is 0.0840. The van der Waals surface area contributed by atoms with E-state index in [4.69, 9.17) is 4.42 Å². The second kappa shape index (κ2) is 5.30. The Bertz CT molecular complexity index is 618. The number of likely N-dealkylation sites (tertiary alicyclic amines) is 1. The highest BCUT2D eigenvalue weighted by atomic mass is 16.3. The molecular formula is C18H23NO2. The lowest BCUT2D eigenvalue weighted by Gasteiger charge is -2.26. The van der Waals surface area contributed by atoms with Crippen LogP contribution in [0, 0.1) is 11.3 Å². The molecule has 112 valence electrons. The average Bonchev–Trinajstić information content (AvgIpc) is 3.03. The molecule has 1 fully saturated rings. The summed E-state index contributed by atoms with van der Waals surface area (Å²) >= 11 is 0. The molecule has 21 heavy (non-hydrogen) atoms. The van der Waals surface area contributed by atoms with Crippen molar-refractivity contribution in [1.82, 2.24) is 4.90 Å². The SMILES string of the molecule is CC(C)(C)C1CCN(CC(=O)c2cc3ccccc3o2)C1. The third-order valence-electron chi connectivity index (χ3n) is 4.56. The molecule has 3 heteroatoms. The lowest BCUT2D eigenvalue weighted by molar-refractivity contribution is 0.0913. The van der Waals surface area contributed by atoms with Crippen LogP contribution in [0.4, 0.5) is 0 Å². The summed E-state index contributed by atoms with van der Waals surface area (Å²) in [6.07, 6.45) is 1.18. The van der Waals surface area contributed by atoms with E-state index in [1.165, 1.54) is 6.42 Å². The number of fused-ring (bicyclic) bond motifs is 1. The Morgan fingerprint density at radius 3 is 2.76 bits per heavy atom. The van der Waals surface area contributed by atoms with Crippen molar-refractivity contribution in [2.75, 3.05) is 19.6 Å². The Labute approximate surface area is 125 Å². The highest BCUT2D eigenvalue weighted by molar-refractivity contribution is 5.98. The largest absolute Gasteiger partial charge is 0.453 e. The van der Waals surface area contributed by atoms with E-state index < -0.39 is 0 Å². The molecule has 3 rings (SSSR count). The van der Waals surface area contributed by atoms with Gasteiger partial charge >= 0.3 is 0 Å². The number of rotatable bonds is 3. The van der Waals surface area contributed by atoms with Gasteiger partial charge in [0.1, 0.15) is 5.58 Å². The van der Waals surface area contributed by atoms with Crippen molar-refractivity contribution < 1.29 is 9.21 Å². The number of para-hydroxylation sites is 1. The fraction of sp³-hybridized carbons (Fsp3) is 0.500. The maximum absolute atomic E-state index is 12.4. The van der Waals surface area contributed by atoms with Crippen LogP contribution in [-0.4, -0.2) is 30.3 Å². The first-order valence-corrected chi connectivity index (χ1v) is 7.67. The monoisotopic (exact) mass is 285 g/mol. The van der Waals surface area contributed by atoms with Crippen molar-refractivity contribution in [1.29, 1.82) is 0 Å². The smallest absolute Gasteiger partial charge is 0.211 e. The van der Waals surface area contributed by atoms with Gasteiger partial charge in [0.05, 0.1) is 6.54 Å².